The number of piperidine rings is 1. The van der Waals surface area contributed by atoms with Gasteiger partial charge in [-0.15, -0.1) is 0 Å². The average molecular weight is 451 g/mol. The lowest BCUT2D eigenvalue weighted by molar-refractivity contribution is -0.187. The minimum Gasteiger partial charge on any atom is -0.408 e. The molecule has 5 rings (SSSR count). The fourth-order valence-electron chi connectivity index (χ4n) is 4.31. The van der Waals surface area contributed by atoms with Crippen molar-refractivity contribution in [2.45, 2.75) is 32.1 Å². The number of likely N-dealkylation sites (tertiary alicyclic amines) is 1. The zero-order valence-corrected chi connectivity index (χ0v) is 18.3. The molecule has 1 spiro atoms. The maximum atomic E-state index is 12.9. The number of oxazole rings is 1. The molecule has 1 aromatic heterocycles. The fourth-order valence-corrected chi connectivity index (χ4v) is 4.31. The monoisotopic (exact) mass is 451 g/mol. The Morgan fingerprint density at radius 3 is 2.42 bits per heavy atom. The number of benzene rings is 2. The van der Waals surface area contributed by atoms with E-state index in [-0.39, 0.29) is 18.4 Å². The average Bonchev–Trinajstić information content (AvgIpc) is 3.39. The molecule has 0 radical (unpaired) electrons. The van der Waals surface area contributed by atoms with Gasteiger partial charge < -0.3 is 24.1 Å². The van der Waals surface area contributed by atoms with Gasteiger partial charge in [-0.05, 0) is 37.3 Å². The Morgan fingerprint density at radius 1 is 1.03 bits per heavy atom. The number of hydrogen-bond acceptors (Lipinski definition) is 6. The number of fused-ring (bicyclic) bond motifs is 1. The van der Waals surface area contributed by atoms with Crippen molar-refractivity contribution in [3.8, 4) is 0 Å². The molecule has 2 aromatic carbocycles. The highest BCUT2D eigenvalue weighted by atomic mass is 16.7. The number of aryl methyl sites for hydroxylation is 1. The van der Waals surface area contributed by atoms with E-state index in [4.69, 9.17) is 13.9 Å². The molecule has 2 aliphatic rings. The molecule has 9 heteroatoms. The number of amides is 2. The van der Waals surface area contributed by atoms with Crippen molar-refractivity contribution < 1.29 is 23.5 Å². The third-order valence-corrected chi connectivity index (χ3v) is 6.22. The minimum absolute atomic E-state index is 0.163. The Hall–Kier alpha value is -3.43. The predicted molar refractivity (Wildman–Crippen MR) is 120 cm³/mol. The molecule has 3 aromatic rings. The van der Waals surface area contributed by atoms with Crippen LogP contribution in [0.15, 0.2) is 51.7 Å². The van der Waals surface area contributed by atoms with Crippen LogP contribution in [0.5, 0.6) is 0 Å². The number of ether oxygens (including phenoxy) is 2. The highest BCUT2D eigenvalue weighted by Gasteiger charge is 2.40. The Labute approximate surface area is 189 Å². The molecule has 1 N–H and O–H groups in total. The molecule has 33 heavy (non-hydrogen) atoms. The van der Waals surface area contributed by atoms with Gasteiger partial charge in [0.05, 0.1) is 18.7 Å². The van der Waals surface area contributed by atoms with Crippen molar-refractivity contribution in [1.82, 2.24) is 9.47 Å². The van der Waals surface area contributed by atoms with Crippen LogP contribution in [0.25, 0.3) is 11.1 Å². The van der Waals surface area contributed by atoms with Gasteiger partial charge in [-0.3, -0.25) is 14.2 Å². The van der Waals surface area contributed by atoms with Crippen molar-refractivity contribution >= 4 is 28.6 Å². The van der Waals surface area contributed by atoms with Gasteiger partial charge >= 0.3 is 5.76 Å². The van der Waals surface area contributed by atoms with Crippen LogP contribution in [0, 0.1) is 6.92 Å². The van der Waals surface area contributed by atoms with E-state index in [9.17, 15) is 14.4 Å². The van der Waals surface area contributed by atoms with Gasteiger partial charge in [0.25, 0.3) is 5.91 Å². The predicted octanol–water partition coefficient (Wildman–Crippen LogP) is 2.52. The van der Waals surface area contributed by atoms with E-state index in [1.165, 1.54) is 4.57 Å². The number of nitrogens with zero attached hydrogens (tertiary/aromatic N) is 2. The first-order chi connectivity index (χ1) is 15.9. The van der Waals surface area contributed by atoms with Crippen LogP contribution in [0.1, 0.15) is 28.8 Å². The summed E-state index contributed by atoms with van der Waals surface area (Å²) in [6.07, 6.45) is 1.20. The summed E-state index contributed by atoms with van der Waals surface area (Å²) < 4.78 is 18.0. The summed E-state index contributed by atoms with van der Waals surface area (Å²) in [5, 5.41) is 2.84. The van der Waals surface area contributed by atoms with Crippen molar-refractivity contribution in [2.75, 3.05) is 31.6 Å². The van der Waals surface area contributed by atoms with Crippen LogP contribution in [0.3, 0.4) is 0 Å². The zero-order valence-electron chi connectivity index (χ0n) is 18.3. The molecule has 0 unspecified atom stereocenters. The van der Waals surface area contributed by atoms with E-state index in [0.717, 1.165) is 5.56 Å². The van der Waals surface area contributed by atoms with E-state index < -0.39 is 11.5 Å². The third kappa shape index (κ3) is 4.29. The molecule has 3 heterocycles. The SMILES string of the molecule is Cc1ccc(NC(=O)c2ccc3oc(=O)n(CC(=O)N4CCC5(CC4)OCCO5)c3c2)cc1. The summed E-state index contributed by atoms with van der Waals surface area (Å²) in [6.45, 7) is 3.94. The van der Waals surface area contributed by atoms with E-state index in [0.29, 0.717) is 61.5 Å². The van der Waals surface area contributed by atoms with Crippen LogP contribution in [-0.2, 0) is 20.8 Å². The lowest BCUT2D eigenvalue weighted by Gasteiger charge is -2.37. The van der Waals surface area contributed by atoms with Gasteiger partial charge in [0.1, 0.15) is 6.54 Å². The maximum Gasteiger partial charge on any atom is 0.420 e. The molecule has 2 fully saturated rings. The first-order valence-electron chi connectivity index (χ1n) is 11.0. The van der Waals surface area contributed by atoms with Gasteiger partial charge in [0.2, 0.25) is 5.91 Å². The van der Waals surface area contributed by atoms with Gasteiger partial charge in [0.15, 0.2) is 11.4 Å². The molecule has 2 amide bonds. The third-order valence-electron chi connectivity index (χ3n) is 6.22. The number of aromatic nitrogens is 1. The number of nitrogens with one attached hydrogen (secondary N) is 1. The van der Waals surface area contributed by atoms with E-state index in [2.05, 4.69) is 5.32 Å². The molecule has 9 nitrogen and oxygen atoms in total. The van der Waals surface area contributed by atoms with Crippen LogP contribution >= 0.6 is 0 Å². The summed E-state index contributed by atoms with van der Waals surface area (Å²) in [5.41, 5.74) is 2.85. The summed E-state index contributed by atoms with van der Waals surface area (Å²) in [6, 6.07) is 12.2. The number of hydrogen-bond donors (Lipinski definition) is 1. The number of carbonyl (C=O) groups excluding carboxylic acids is 2. The molecular formula is C24H25N3O6. The van der Waals surface area contributed by atoms with Gasteiger partial charge in [-0.2, -0.15) is 0 Å². The molecule has 0 bridgehead atoms. The molecular weight excluding hydrogens is 426 g/mol. The normalized spacial score (nSPS) is 17.5. The Morgan fingerprint density at radius 2 is 1.73 bits per heavy atom. The highest BCUT2D eigenvalue weighted by Crippen LogP contribution is 2.31. The van der Waals surface area contributed by atoms with Gasteiger partial charge in [-0.1, -0.05) is 17.7 Å². The van der Waals surface area contributed by atoms with Crippen molar-refractivity contribution in [3.05, 3.63) is 64.1 Å². The standard InChI is InChI=1S/C24H25N3O6/c1-16-2-5-18(6-3-16)25-22(29)17-4-7-20-19(14-17)27(23(30)33-20)15-21(28)26-10-8-24(9-11-26)31-12-13-32-24/h2-7,14H,8-13,15H2,1H3,(H,25,29). The second-order valence-electron chi connectivity index (χ2n) is 8.45. The summed E-state index contributed by atoms with van der Waals surface area (Å²) in [4.78, 5) is 39.8. The van der Waals surface area contributed by atoms with Gasteiger partial charge in [-0.25, -0.2) is 4.79 Å². The van der Waals surface area contributed by atoms with E-state index in [1.807, 2.05) is 31.2 Å². The Balaban J connectivity index is 1.32. The topological polar surface area (TPSA) is 103 Å². The molecule has 0 aliphatic carbocycles. The molecule has 172 valence electrons. The summed E-state index contributed by atoms with van der Waals surface area (Å²) in [7, 11) is 0. The Bertz CT molecular complexity index is 1240. The minimum atomic E-state index is -0.634. The van der Waals surface area contributed by atoms with Gasteiger partial charge in [0, 0.05) is 37.2 Å². The smallest absolute Gasteiger partial charge is 0.408 e. The molecule has 0 saturated carbocycles. The van der Waals surface area contributed by atoms with Crippen LogP contribution in [0.2, 0.25) is 0 Å². The lowest BCUT2D eigenvalue weighted by atomic mass is 10.0. The highest BCUT2D eigenvalue weighted by molar-refractivity contribution is 6.05. The zero-order chi connectivity index (χ0) is 23.0. The summed E-state index contributed by atoms with van der Waals surface area (Å²) >= 11 is 0. The lowest BCUT2D eigenvalue weighted by Crippen LogP contribution is -2.48. The first-order valence-corrected chi connectivity index (χ1v) is 11.0. The maximum absolute atomic E-state index is 12.9. The molecule has 2 aliphatic heterocycles. The number of carbonyl (C=O) groups is 2. The second-order valence-corrected chi connectivity index (χ2v) is 8.45. The first kappa shape index (κ1) is 21.4. The van der Waals surface area contributed by atoms with E-state index >= 15 is 0 Å². The van der Waals surface area contributed by atoms with Crippen LogP contribution < -0.4 is 11.1 Å². The summed E-state index contributed by atoms with van der Waals surface area (Å²) in [5.74, 6) is -1.71. The molecule has 0 atom stereocenters. The number of rotatable bonds is 4. The van der Waals surface area contributed by atoms with E-state index in [1.54, 1.807) is 23.1 Å². The quantitative estimate of drug-likeness (QED) is 0.654. The van der Waals surface area contributed by atoms with Crippen molar-refractivity contribution in [1.29, 1.82) is 0 Å². The van der Waals surface area contributed by atoms with Crippen LogP contribution in [0.4, 0.5) is 5.69 Å². The largest absolute Gasteiger partial charge is 0.420 e. The fraction of sp³-hybridized carbons (Fsp3) is 0.375. The molecule has 2 saturated heterocycles. The van der Waals surface area contributed by atoms with Crippen molar-refractivity contribution in [3.63, 3.8) is 0 Å². The second kappa shape index (κ2) is 8.49. The van der Waals surface area contributed by atoms with Crippen LogP contribution in [-0.4, -0.2) is 53.4 Å². The van der Waals surface area contributed by atoms with Crippen molar-refractivity contribution in [2.24, 2.45) is 0 Å². The number of anilines is 1. The Kier molecular flexibility index (Phi) is 5.51.